The molecular formula is C5H10NOS. The largest absolute Gasteiger partial charge is 0.354 e. The molecule has 1 amide bonds. The Labute approximate surface area is 54.0 Å². The van der Waals surface area contributed by atoms with Gasteiger partial charge in [0.1, 0.15) is 0 Å². The van der Waals surface area contributed by atoms with E-state index in [2.05, 4.69) is 5.32 Å². The van der Waals surface area contributed by atoms with E-state index >= 15 is 0 Å². The SMILES string of the molecule is CSCC[CH]NC=O. The van der Waals surface area contributed by atoms with E-state index in [0.29, 0.717) is 6.41 Å². The first-order valence-electron chi connectivity index (χ1n) is 2.42. The van der Waals surface area contributed by atoms with Crippen LogP contribution in [0.15, 0.2) is 0 Å². The Morgan fingerprint density at radius 3 is 3.00 bits per heavy atom. The third-order valence-corrected chi connectivity index (χ3v) is 1.30. The first-order valence-corrected chi connectivity index (χ1v) is 3.81. The minimum absolute atomic E-state index is 0.681. The highest BCUT2D eigenvalue weighted by atomic mass is 32.2. The molecule has 8 heavy (non-hydrogen) atoms. The molecule has 0 aromatic rings. The summed E-state index contributed by atoms with van der Waals surface area (Å²) in [6, 6.07) is 0. The van der Waals surface area contributed by atoms with E-state index in [1.165, 1.54) is 0 Å². The van der Waals surface area contributed by atoms with Crippen molar-refractivity contribution in [2.75, 3.05) is 12.0 Å². The van der Waals surface area contributed by atoms with Crippen LogP contribution in [0.4, 0.5) is 0 Å². The smallest absolute Gasteiger partial charge is 0.207 e. The first-order chi connectivity index (χ1) is 3.91. The van der Waals surface area contributed by atoms with Crippen molar-refractivity contribution in [2.24, 2.45) is 0 Å². The van der Waals surface area contributed by atoms with Crippen LogP contribution in [-0.2, 0) is 4.79 Å². The van der Waals surface area contributed by atoms with Gasteiger partial charge in [-0.1, -0.05) is 0 Å². The third kappa shape index (κ3) is 5.82. The Kier molecular flexibility index (Phi) is 6.67. The predicted octanol–water partition coefficient (Wildman–Crippen LogP) is 0.647. The molecule has 0 saturated heterocycles. The highest BCUT2D eigenvalue weighted by Gasteiger charge is 1.82. The van der Waals surface area contributed by atoms with Crippen LogP contribution < -0.4 is 5.32 Å². The van der Waals surface area contributed by atoms with E-state index in [1.807, 2.05) is 6.26 Å². The molecule has 0 aliphatic heterocycles. The zero-order valence-electron chi connectivity index (χ0n) is 4.89. The monoisotopic (exact) mass is 132 g/mol. The van der Waals surface area contributed by atoms with Gasteiger partial charge in [-0.2, -0.15) is 11.8 Å². The molecule has 0 atom stereocenters. The maximum atomic E-state index is 9.62. The summed E-state index contributed by atoms with van der Waals surface area (Å²) < 4.78 is 0. The lowest BCUT2D eigenvalue weighted by Gasteiger charge is -1.92. The fourth-order valence-corrected chi connectivity index (χ4v) is 0.662. The van der Waals surface area contributed by atoms with E-state index in [-0.39, 0.29) is 0 Å². The molecular weight excluding hydrogens is 122 g/mol. The Hall–Kier alpha value is -0.180. The summed E-state index contributed by atoms with van der Waals surface area (Å²) in [6.07, 6.45) is 3.66. The van der Waals surface area contributed by atoms with E-state index in [1.54, 1.807) is 18.3 Å². The van der Waals surface area contributed by atoms with Crippen LogP contribution in [0, 0.1) is 6.54 Å². The number of carbonyl (C=O) groups is 1. The van der Waals surface area contributed by atoms with Crippen molar-refractivity contribution >= 4 is 18.2 Å². The fourth-order valence-electron chi connectivity index (χ4n) is 0.308. The van der Waals surface area contributed by atoms with E-state index < -0.39 is 0 Å². The molecule has 1 radical (unpaired) electrons. The molecule has 0 unspecified atom stereocenters. The first kappa shape index (κ1) is 7.82. The van der Waals surface area contributed by atoms with Crippen LogP contribution in [0.3, 0.4) is 0 Å². The van der Waals surface area contributed by atoms with Crippen molar-refractivity contribution in [3.05, 3.63) is 6.54 Å². The lowest BCUT2D eigenvalue weighted by Crippen LogP contribution is -2.05. The molecule has 2 nitrogen and oxygen atoms in total. The zero-order chi connectivity index (χ0) is 6.24. The number of carbonyl (C=O) groups excluding carboxylic acids is 1. The molecule has 0 aliphatic rings. The molecule has 3 heteroatoms. The summed E-state index contributed by atoms with van der Waals surface area (Å²) in [5.41, 5.74) is 0. The minimum atomic E-state index is 0.681. The molecule has 0 fully saturated rings. The van der Waals surface area contributed by atoms with Crippen LogP contribution in [0.1, 0.15) is 6.42 Å². The van der Waals surface area contributed by atoms with Crippen LogP contribution in [-0.4, -0.2) is 18.4 Å². The van der Waals surface area contributed by atoms with Crippen molar-refractivity contribution in [2.45, 2.75) is 6.42 Å². The summed E-state index contributed by atoms with van der Waals surface area (Å²) in [4.78, 5) is 9.62. The number of thioether (sulfide) groups is 1. The summed E-state index contributed by atoms with van der Waals surface area (Å²) in [5.74, 6) is 1.07. The second-order valence-electron chi connectivity index (χ2n) is 1.27. The second kappa shape index (κ2) is 6.82. The van der Waals surface area contributed by atoms with Gasteiger partial charge in [0.05, 0.1) is 0 Å². The summed E-state index contributed by atoms with van der Waals surface area (Å²) >= 11 is 1.76. The number of nitrogens with one attached hydrogen (secondary N) is 1. The summed E-state index contributed by atoms with van der Waals surface area (Å²) in [7, 11) is 0. The van der Waals surface area contributed by atoms with Crippen LogP contribution in [0.25, 0.3) is 0 Å². The number of hydrogen-bond acceptors (Lipinski definition) is 2. The highest BCUT2D eigenvalue weighted by Crippen LogP contribution is 1.94. The molecule has 0 aromatic heterocycles. The molecule has 0 heterocycles. The maximum absolute atomic E-state index is 9.62. The minimum Gasteiger partial charge on any atom is -0.354 e. The van der Waals surface area contributed by atoms with Gasteiger partial charge in [-0.3, -0.25) is 4.79 Å². The van der Waals surface area contributed by atoms with Gasteiger partial charge in [0.25, 0.3) is 0 Å². The Morgan fingerprint density at radius 1 is 1.75 bits per heavy atom. The molecule has 47 valence electrons. The summed E-state index contributed by atoms with van der Waals surface area (Å²) in [6.45, 7) is 1.75. The molecule has 0 aromatic carbocycles. The molecule has 0 saturated carbocycles. The van der Waals surface area contributed by atoms with Crippen molar-refractivity contribution in [1.82, 2.24) is 5.32 Å². The van der Waals surface area contributed by atoms with Gasteiger partial charge in [0, 0.05) is 6.54 Å². The third-order valence-electron chi connectivity index (χ3n) is 0.652. The Morgan fingerprint density at radius 2 is 2.50 bits per heavy atom. The van der Waals surface area contributed by atoms with Crippen molar-refractivity contribution in [3.63, 3.8) is 0 Å². The van der Waals surface area contributed by atoms with Crippen molar-refractivity contribution in [1.29, 1.82) is 0 Å². The van der Waals surface area contributed by atoms with Gasteiger partial charge >= 0.3 is 0 Å². The van der Waals surface area contributed by atoms with Gasteiger partial charge < -0.3 is 5.32 Å². The Bertz CT molecular complexity index is 58.4. The van der Waals surface area contributed by atoms with Gasteiger partial charge in [0.15, 0.2) is 0 Å². The van der Waals surface area contributed by atoms with Crippen LogP contribution in [0.5, 0.6) is 0 Å². The van der Waals surface area contributed by atoms with Crippen LogP contribution >= 0.6 is 11.8 Å². The van der Waals surface area contributed by atoms with E-state index in [4.69, 9.17) is 0 Å². The standard InChI is InChI=1S/C5H10NOS/c1-8-4-2-3-6-5-7/h3,5H,2,4H2,1H3,(H,6,7). The maximum Gasteiger partial charge on any atom is 0.207 e. The van der Waals surface area contributed by atoms with Crippen molar-refractivity contribution in [3.8, 4) is 0 Å². The Balaban J connectivity index is 2.62. The zero-order valence-corrected chi connectivity index (χ0v) is 5.70. The average molecular weight is 132 g/mol. The van der Waals surface area contributed by atoms with Gasteiger partial charge in [-0.25, -0.2) is 0 Å². The summed E-state index contributed by atoms with van der Waals surface area (Å²) in [5, 5.41) is 2.46. The fraction of sp³-hybridized carbons (Fsp3) is 0.600. The van der Waals surface area contributed by atoms with Crippen molar-refractivity contribution < 1.29 is 4.79 Å². The van der Waals surface area contributed by atoms with Gasteiger partial charge in [0.2, 0.25) is 6.41 Å². The molecule has 0 rings (SSSR count). The normalized spacial score (nSPS) is 8.62. The van der Waals surface area contributed by atoms with Gasteiger partial charge in [-0.05, 0) is 18.4 Å². The predicted molar refractivity (Wildman–Crippen MR) is 36.5 cm³/mol. The lowest BCUT2D eigenvalue weighted by atomic mass is 10.5. The van der Waals surface area contributed by atoms with E-state index in [9.17, 15) is 4.79 Å². The van der Waals surface area contributed by atoms with Gasteiger partial charge in [-0.15, -0.1) is 0 Å². The average Bonchev–Trinajstić information content (AvgIpc) is 1.81. The number of rotatable bonds is 5. The number of hydrogen-bond donors (Lipinski definition) is 1. The quantitative estimate of drug-likeness (QED) is 0.439. The molecule has 1 N–H and O–H groups in total. The second-order valence-corrected chi connectivity index (χ2v) is 2.26. The highest BCUT2D eigenvalue weighted by molar-refractivity contribution is 7.98. The van der Waals surface area contributed by atoms with E-state index in [0.717, 1.165) is 12.2 Å². The lowest BCUT2D eigenvalue weighted by molar-refractivity contribution is -0.109. The molecule has 0 bridgehead atoms. The number of amides is 1. The van der Waals surface area contributed by atoms with Crippen LogP contribution in [0.2, 0.25) is 0 Å². The molecule has 0 aliphatic carbocycles. The molecule has 0 spiro atoms. The topological polar surface area (TPSA) is 29.1 Å².